The van der Waals surface area contributed by atoms with Crippen LogP contribution in [0.2, 0.25) is 0 Å². The van der Waals surface area contributed by atoms with Crippen LogP contribution < -0.4 is 20.9 Å². The Kier molecular flexibility index (Phi) is 5.66. The van der Waals surface area contributed by atoms with Gasteiger partial charge in [-0.3, -0.25) is 14.2 Å². The molecular formula is C25H28N4O3. The zero-order chi connectivity index (χ0) is 22.1. The minimum Gasteiger partial charge on any atom is -0.494 e. The van der Waals surface area contributed by atoms with Gasteiger partial charge in [-0.05, 0) is 81.5 Å². The minimum absolute atomic E-state index is 0.108. The van der Waals surface area contributed by atoms with Crippen molar-refractivity contribution in [1.82, 2.24) is 20.2 Å². The van der Waals surface area contributed by atoms with Crippen LogP contribution in [-0.4, -0.2) is 40.7 Å². The van der Waals surface area contributed by atoms with Crippen LogP contribution in [0.15, 0.2) is 47.5 Å². The average Bonchev–Trinajstić information content (AvgIpc) is 3.46. The molecule has 2 N–H and O–H groups in total. The summed E-state index contributed by atoms with van der Waals surface area (Å²) in [5.41, 5.74) is 2.54. The normalized spacial score (nSPS) is 18.1. The van der Waals surface area contributed by atoms with Crippen molar-refractivity contribution in [1.29, 1.82) is 0 Å². The lowest BCUT2D eigenvalue weighted by molar-refractivity contribution is 0.0951. The Hall–Kier alpha value is -3.19. The first kappa shape index (κ1) is 20.7. The number of aryl methyl sites for hydroxylation is 1. The first-order valence-corrected chi connectivity index (χ1v) is 11.4. The maximum atomic E-state index is 13.3. The number of fused-ring (bicyclic) bond motifs is 1. The number of hydrogen-bond donors (Lipinski definition) is 2. The lowest BCUT2D eigenvalue weighted by Crippen LogP contribution is -2.26. The summed E-state index contributed by atoms with van der Waals surface area (Å²) in [7, 11) is 0. The number of benzene rings is 2. The van der Waals surface area contributed by atoms with E-state index in [0.29, 0.717) is 40.6 Å². The predicted molar refractivity (Wildman–Crippen MR) is 124 cm³/mol. The number of aromatic nitrogens is 2. The third-order valence-corrected chi connectivity index (χ3v) is 6.27. The molecule has 0 spiro atoms. The van der Waals surface area contributed by atoms with Crippen LogP contribution in [0.5, 0.6) is 5.75 Å². The van der Waals surface area contributed by atoms with Crippen molar-refractivity contribution < 1.29 is 9.53 Å². The van der Waals surface area contributed by atoms with E-state index in [2.05, 4.69) is 15.6 Å². The van der Waals surface area contributed by atoms with Gasteiger partial charge >= 0.3 is 0 Å². The fraction of sp³-hybridized carbons (Fsp3) is 0.400. The average molecular weight is 433 g/mol. The molecule has 1 amide bonds. The smallest absolute Gasteiger partial charge is 0.265 e. The van der Waals surface area contributed by atoms with Crippen LogP contribution in [0.3, 0.4) is 0 Å². The molecular weight excluding hydrogens is 404 g/mol. The molecule has 0 radical (unpaired) electrons. The van der Waals surface area contributed by atoms with Crippen molar-refractivity contribution in [2.75, 3.05) is 13.2 Å². The van der Waals surface area contributed by atoms with E-state index in [4.69, 9.17) is 4.74 Å². The zero-order valence-electron chi connectivity index (χ0n) is 18.3. The summed E-state index contributed by atoms with van der Waals surface area (Å²) in [6, 6.07) is 11.7. The molecule has 1 aliphatic carbocycles. The fourth-order valence-corrected chi connectivity index (χ4v) is 4.19. The van der Waals surface area contributed by atoms with Crippen LogP contribution in [0, 0.1) is 6.92 Å². The number of nitrogens with one attached hydrogen (secondary N) is 2. The molecule has 7 heteroatoms. The lowest BCUT2D eigenvalue weighted by Gasteiger charge is -2.13. The number of amides is 1. The summed E-state index contributed by atoms with van der Waals surface area (Å²) in [5, 5.41) is 6.96. The van der Waals surface area contributed by atoms with Gasteiger partial charge < -0.3 is 15.4 Å². The molecule has 2 heterocycles. The monoisotopic (exact) mass is 432 g/mol. The number of rotatable bonds is 7. The minimum atomic E-state index is -0.180. The van der Waals surface area contributed by atoms with Crippen LogP contribution in [-0.2, 0) is 0 Å². The number of nitrogens with zero attached hydrogens (tertiary/aromatic N) is 2. The molecule has 32 heavy (non-hydrogen) atoms. The maximum absolute atomic E-state index is 13.3. The third-order valence-electron chi connectivity index (χ3n) is 6.27. The Morgan fingerprint density at radius 1 is 1.22 bits per heavy atom. The molecule has 2 fully saturated rings. The van der Waals surface area contributed by atoms with Gasteiger partial charge in [0.1, 0.15) is 12.1 Å². The highest BCUT2D eigenvalue weighted by molar-refractivity contribution is 5.95. The van der Waals surface area contributed by atoms with E-state index in [1.165, 1.54) is 23.7 Å². The van der Waals surface area contributed by atoms with Crippen molar-refractivity contribution in [3.05, 3.63) is 64.2 Å². The summed E-state index contributed by atoms with van der Waals surface area (Å²) >= 11 is 0. The first-order valence-electron chi connectivity index (χ1n) is 11.4. The quantitative estimate of drug-likeness (QED) is 0.599. The number of hydrogen-bond acceptors (Lipinski definition) is 5. The van der Waals surface area contributed by atoms with E-state index < -0.39 is 0 Å². The standard InChI is InChI=1S/C25H28N4O3/c1-16-4-5-17(24(30)28-19-6-7-19)13-23(16)29-15-27-22-9-8-20(14-21(22)25(29)31)32-12-10-18-3-2-11-26-18/h4-5,8-9,13-15,18-19,26H,2-3,6-7,10-12H2,1H3,(H,28,30). The van der Waals surface area contributed by atoms with Gasteiger partial charge in [0, 0.05) is 17.6 Å². The van der Waals surface area contributed by atoms with E-state index in [-0.39, 0.29) is 17.5 Å². The molecule has 0 bridgehead atoms. The Morgan fingerprint density at radius 3 is 2.88 bits per heavy atom. The van der Waals surface area contributed by atoms with Gasteiger partial charge in [-0.1, -0.05) is 6.07 Å². The van der Waals surface area contributed by atoms with E-state index in [9.17, 15) is 9.59 Å². The molecule has 166 valence electrons. The Labute approximate surface area is 186 Å². The molecule has 3 aromatic rings. The molecule has 1 unspecified atom stereocenters. The Bertz CT molecular complexity index is 1210. The van der Waals surface area contributed by atoms with Gasteiger partial charge in [0.25, 0.3) is 11.5 Å². The van der Waals surface area contributed by atoms with E-state index in [1.807, 2.05) is 25.1 Å². The van der Waals surface area contributed by atoms with Crippen molar-refractivity contribution >= 4 is 16.8 Å². The molecule has 1 saturated heterocycles. The van der Waals surface area contributed by atoms with Crippen LogP contribution in [0.1, 0.15) is 48.0 Å². The largest absolute Gasteiger partial charge is 0.494 e. The first-order chi connectivity index (χ1) is 15.6. The van der Waals surface area contributed by atoms with Gasteiger partial charge in [0.05, 0.1) is 23.2 Å². The van der Waals surface area contributed by atoms with Gasteiger partial charge in [0.2, 0.25) is 0 Å². The van der Waals surface area contributed by atoms with Crippen LogP contribution in [0.4, 0.5) is 0 Å². The highest BCUT2D eigenvalue weighted by Crippen LogP contribution is 2.22. The molecule has 7 nitrogen and oxygen atoms in total. The van der Waals surface area contributed by atoms with Gasteiger partial charge in [0.15, 0.2) is 0 Å². The molecule has 2 aromatic carbocycles. The SMILES string of the molecule is Cc1ccc(C(=O)NC2CC2)cc1-n1cnc2ccc(OCCC3CCCN3)cc2c1=O. The summed E-state index contributed by atoms with van der Waals surface area (Å²) in [4.78, 5) is 30.3. The molecule has 1 atom stereocenters. The fourth-order valence-electron chi connectivity index (χ4n) is 4.19. The topological polar surface area (TPSA) is 85.2 Å². The lowest BCUT2D eigenvalue weighted by atomic mass is 10.1. The van der Waals surface area contributed by atoms with Crippen molar-refractivity contribution in [3.63, 3.8) is 0 Å². The van der Waals surface area contributed by atoms with E-state index in [1.54, 1.807) is 18.2 Å². The highest BCUT2D eigenvalue weighted by atomic mass is 16.5. The predicted octanol–water partition coefficient (Wildman–Crippen LogP) is 3.11. The summed E-state index contributed by atoms with van der Waals surface area (Å²) in [6.07, 6.45) is 6.94. The second-order valence-electron chi connectivity index (χ2n) is 8.78. The van der Waals surface area contributed by atoms with Crippen LogP contribution >= 0.6 is 0 Å². The summed E-state index contributed by atoms with van der Waals surface area (Å²) in [5.74, 6) is 0.560. The zero-order valence-corrected chi connectivity index (χ0v) is 18.3. The van der Waals surface area contributed by atoms with Crippen molar-refractivity contribution in [3.8, 4) is 11.4 Å². The van der Waals surface area contributed by atoms with Gasteiger partial charge in [-0.15, -0.1) is 0 Å². The summed E-state index contributed by atoms with van der Waals surface area (Å²) < 4.78 is 7.44. The van der Waals surface area contributed by atoms with Gasteiger partial charge in [-0.25, -0.2) is 4.98 Å². The van der Waals surface area contributed by atoms with E-state index >= 15 is 0 Å². The second kappa shape index (κ2) is 8.74. The molecule has 2 aliphatic rings. The van der Waals surface area contributed by atoms with Crippen LogP contribution in [0.25, 0.3) is 16.6 Å². The molecule has 1 saturated carbocycles. The highest BCUT2D eigenvalue weighted by Gasteiger charge is 2.24. The number of carbonyl (C=O) groups is 1. The Morgan fingerprint density at radius 2 is 2.09 bits per heavy atom. The number of carbonyl (C=O) groups excluding carboxylic acids is 1. The van der Waals surface area contributed by atoms with E-state index in [0.717, 1.165) is 31.4 Å². The van der Waals surface area contributed by atoms with Crippen molar-refractivity contribution in [2.45, 2.75) is 51.1 Å². The third kappa shape index (κ3) is 4.39. The van der Waals surface area contributed by atoms with Crippen molar-refractivity contribution in [2.24, 2.45) is 0 Å². The summed E-state index contributed by atoms with van der Waals surface area (Å²) in [6.45, 7) is 3.61. The number of ether oxygens (including phenoxy) is 1. The second-order valence-corrected chi connectivity index (χ2v) is 8.78. The Balaban J connectivity index is 1.42. The maximum Gasteiger partial charge on any atom is 0.265 e. The molecule has 1 aromatic heterocycles. The van der Waals surface area contributed by atoms with Gasteiger partial charge in [-0.2, -0.15) is 0 Å². The molecule has 5 rings (SSSR count). The molecule has 1 aliphatic heterocycles.